The highest BCUT2D eigenvalue weighted by atomic mass is 32.2. The molecule has 0 saturated carbocycles. The SMILES string of the molecule is COc1cc(NC(=O)CSc2cccc(NC(=S)Nc3ccc(C)cc3)c2)cc(OC)c1. The number of ether oxygens (including phenoxy) is 2. The number of anilines is 3. The van der Waals surface area contributed by atoms with Crippen LogP contribution in [-0.2, 0) is 4.79 Å². The highest BCUT2D eigenvalue weighted by Crippen LogP contribution is 2.27. The molecule has 3 rings (SSSR count). The molecule has 0 unspecified atom stereocenters. The Morgan fingerprint density at radius 3 is 2.16 bits per heavy atom. The van der Waals surface area contributed by atoms with Gasteiger partial charge in [0.2, 0.25) is 5.91 Å². The van der Waals surface area contributed by atoms with E-state index in [0.717, 1.165) is 16.3 Å². The zero-order chi connectivity index (χ0) is 22.9. The normalized spacial score (nSPS) is 10.2. The van der Waals surface area contributed by atoms with Crippen molar-refractivity contribution in [2.24, 2.45) is 0 Å². The van der Waals surface area contributed by atoms with E-state index in [9.17, 15) is 4.79 Å². The molecule has 0 aliphatic heterocycles. The molecule has 3 aromatic carbocycles. The van der Waals surface area contributed by atoms with Gasteiger partial charge in [-0.3, -0.25) is 4.79 Å². The molecule has 0 heterocycles. The predicted molar refractivity (Wildman–Crippen MR) is 136 cm³/mol. The van der Waals surface area contributed by atoms with E-state index >= 15 is 0 Å². The number of amides is 1. The fourth-order valence-electron chi connectivity index (χ4n) is 2.82. The standard InChI is InChI=1S/C24H25N3O3S2/c1-16-7-9-17(10-8-16)26-24(31)27-18-5-4-6-22(13-18)32-15-23(28)25-19-11-20(29-2)14-21(12-19)30-3/h4-14H,15H2,1-3H3,(H,25,28)(H2,26,27,31). The lowest BCUT2D eigenvalue weighted by Crippen LogP contribution is -2.19. The minimum Gasteiger partial charge on any atom is -0.497 e. The number of aryl methyl sites for hydroxylation is 1. The third-order valence-corrected chi connectivity index (χ3v) is 5.60. The number of nitrogens with one attached hydrogen (secondary N) is 3. The van der Waals surface area contributed by atoms with Gasteiger partial charge < -0.3 is 25.4 Å². The van der Waals surface area contributed by atoms with Crippen molar-refractivity contribution in [2.75, 3.05) is 35.9 Å². The summed E-state index contributed by atoms with van der Waals surface area (Å²) in [6, 6.07) is 21.0. The maximum atomic E-state index is 12.4. The van der Waals surface area contributed by atoms with Gasteiger partial charge in [0, 0.05) is 40.2 Å². The van der Waals surface area contributed by atoms with Gasteiger partial charge in [0.15, 0.2) is 5.11 Å². The van der Waals surface area contributed by atoms with E-state index in [4.69, 9.17) is 21.7 Å². The van der Waals surface area contributed by atoms with Gasteiger partial charge in [-0.25, -0.2) is 0 Å². The zero-order valence-electron chi connectivity index (χ0n) is 18.1. The maximum absolute atomic E-state index is 12.4. The third kappa shape index (κ3) is 7.18. The molecular formula is C24H25N3O3S2. The first-order valence-electron chi connectivity index (χ1n) is 9.85. The van der Waals surface area contributed by atoms with E-state index < -0.39 is 0 Å². The Labute approximate surface area is 197 Å². The van der Waals surface area contributed by atoms with Crippen molar-refractivity contribution >= 4 is 52.1 Å². The Hall–Kier alpha value is -3.23. The minimum absolute atomic E-state index is 0.125. The summed E-state index contributed by atoms with van der Waals surface area (Å²) >= 11 is 6.84. The van der Waals surface area contributed by atoms with Crippen LogP contribution in [0.25, 0.3) is 0 Å². The largest absolute Gasteiger partial charge is 0.497 e. The molecule has 8 heteroatoms. The molecule has 0 fully saturated rings. The predicted octanol–water partition coefficient (Wildman–Crippen LogP) is 5.55. The van der Waals surface area contributed by atoms with E-state index in [2.05, 4.69) is 16.0 Å². The highest BCUT2D eigenvalue weighted by Gasteiger charge is 2.08. The van der Waals surface area contributed by atoms with E-state index in [0.29, 0.717) is 22.3 Å². The molecule has 0 radical (unpaired) electrons. The summed E-state index contributed by atoms with van der Waals surface area (Å²) in [5, 5.41) is 9.71. The number of hydrogen-bond donors (Lipinski definition) is 3. The van der Waals surface area contributed by atoms with Crippen molar-refractivity contribution in [1.29, 1.82) is 0 Å². The van der Waals surface area contributed by atoms with E-state index in [1.807, 2.05) is 55.5 Å². The molecule has 0 saturated heterocycles. The second-order valence-corrected chi connectivity index (χ2v) is 8.37. The third-order valence-electron chi connectivity index (χ3n) is 4.41. The van der Waals surface area contributed by atoms with Gasteiger partial charge in [-0.05, 0) is 49.5 Å². The second-order valence-electron chi connectivity index (χ2n) is 6.91. The van der Waals surface area contributed by atoms with Gasteiger partial charge in [0.1, 0.15) is 11.5 Å². The lowest BCUT2D eigenvalue weighted by molar-refractivity contribution is -0.113. The summed E-state index contributed by atoms with van der Waals surface area (Å²) in [6.45, 7) is 2.04. The number of benzene rings is 3. The van der Waals surface area contributed by atoms with Crippen LogP contribution in [0.4, 0.5) is 17.1 Å². The van der Waals surface area contributed by atoms with Crippen LogP contribution in [-0.4, -0.2) is 31.0 Å². The molecule has 32 heavy (non-hydrogen) atoms. The van der Waals surface area contributed by atoms with Gasteiger partial charge >= 0.3 is 0 Å². The quantitative estimate of drug-likeness (QED) is 0.296. The number of thioether (sulfide) groups is 1. The molecule has 0 aliphatic rings. The van der Waals surface area contributed by atoms with E-state index in [-0.39, 0.29) is 11.7 Å². The number of thiocarbonyl (C=S) groups is 1. The van der Waals surface area contributed by atoms with Crippen LogP contribution in [0, 0.1) is 6.92 Å². The van der Waals surface area contributed by atoms with Crippen LogP contribution in [0.5, 0.6) is 11.5 Å². The highest BCUT2D eigenvalue weighted by molar-refractivity contribution is 8.00. The monoisotopic (exact) mass is 467 g/mol. The molecule has 0 bridgehead atoms. The first kappa shape index (κ1) is 23.4. The first-order valence-corrected chi connectivity index (χ1v) is 11.2. The van der Waals surface area contributed by atoms with Crippen LogP contribution in [0.3, 0.4) is 0 Å². The van der Waals surface area contributed by atoms with Crippen molar-refractivity contribution in [3.63, 3.8) is 0 Å². The van der Waals surface area contributed by atoms with E-state index in [1.165, 1.54) is 17.3 Å². The molecule has 1 amide bonds. The molecule has 166 valence electrons. The number of methoxy groups -OCH3 is 2. The summed E-state index contributed by atoms with van der Waals surface area (Å²) in [6.07, 6.45) is 0. The first-order chi connectivity index (χ1) is 15.4. The van der Waals surface area contributed by atoms with Gasteiger partial charge in [0.05, 0.1) is 20.0 Å². The van der Waals surface area contributed by atoms with Gasteiger partial charge in [-0.15, -0.1) is 11.8 Å². The van der Waals surface area contributed by atoms with Gasteiger partial charge in [-0.2, -0.15) is 0 Å². The average Bonchev–Trinajstić information content (AvgIpc) is 2.79. The summed E-state index contributed by atoms with van der Waals surface area (Å²) in [4.78, 5) is 13.4. The number of carbonyl (C=O) groups is 1. The molecule has 6 nitrogen and oxygen atoms in total. The number of rotatable bonds is 8. The fourth-order valence-corrected chi connectivity index (χ4v) is 3.81. The van der Waals surface area contributed by atoms with Crippen molar-refractivity contribution < 1.29 is 14.3 Å². The van der Waals surface area contributed by atoms with Crippen molar-refractivity contribution in [3.8, 4) is 11.5 Å². The molecule has 3 N–H and O–H groups in total. The molecule has 0 spiro atoms. The Balaban J connectivity index is 1.53. The Kier molecular flexibility index (Phi) is 8.35. The summed E-state index contributed by atoms with van der Waals surface area (Å²) in [7, 11) is 3.14. The van der Waals surface area contributed by atoms with E-state index in [1.54, 1.807) is 32.4 Å². The maximum Gasteiger partial charge on any atom is 0.234 e. The van der Waals surface area contributed by atoms with Crippen LogP contribution >= 0.6 is 24.0 Å². The van der Waals surface area contributed by atoms with Crippen LogP contribution < -0.4 is 25.4 Å². The van der Waals surface area contributed by atoms with Crippen LogP contribution in [0.15, 0.2) is 71.6 Å². The zero-order valence-corrected chi connectivity index (χ0v) is 19.7. The second kappa shape index (κ2) is 11.4. The van der Waals surface area contributed by atoms with Gasteiger partial charge in [-0.1, -0.05) is 23.8 Å². The number of carbonyl (C=O) groups excluding carboxylic acids is 1. The van der Waals surface area contributed by atoms with Crippen LogP contribution in [0.1, 0.15) is 5.56 Å². The molecule has 0 aromatic heterocycles. The minimum atomic E-state index is -0.125. The lowest BCUT2D eigenvalue weighted by Gasteiger charge is -2.12. The van der Waals surface area contributed by atoms with Crippen LogP contribution in [0.2, 0.25) is 0 Å². The molecule has 0 atom stereocenters. The topological polar surface area (TPSA) is 71.6 Å². The van der Waals surface area contributed by atoms with Crippen molar-refractivity contribution in [1.82, 2.24) is 0 Å². The van der Waals surface area contributed by atoms with Crippen molar-refractivity contribution in [2.45, 2.75) is 11.8 Å². The van der Waals surface area contributed by atoms with Gasteiger partial charge in [0.25, 0.3) is 0 Å². The van der Waals surface area contributed by atoms with Crippen molar-refractivity contribution in [3.05, 3.63) is 72.3 Å². The Morgan fingerprint density at radius 1 is 0.844 bits per heavy atom. The summed E-state index contributed by atoms with van der Waals surface area (Å²) < 4.78 is 10.5. The Morgan fingerprint density at radius 2 is 1.50 bits per heavy atom. The fraction of sp³-hybridized carbons (Fsp3) is 0.167. The lowest BCUT2D eigenvalue weighted by atomic mass is 10.2. The molecule has 0 aliphatic carbocycles. The summed E-state index contributed by atoms with van der Waals surface area (Å²) in [5.41, 5.74) is 3.57. The smallest absolute Gasteiger partial charge is 0.234 e. The number of hydrogen-bond acceptors (Lipinski definition) is 5. The molecule has 3 aromatic rings. The molecular weight excluding hydrogens is 442 g/mol. The summed E-state index contributed by atoms with van der Waals surface area (Å²) in [5.74, 6) is 1.36. The average molecular weight is 468 g/mol. The Bertz CT molecular complexity index is 1070.